The summed E-state index contributed by atoms with van der Waals surface area (Å²) in [5, 5.41) is 3.74. The van der Waals surface area contributed by atoms with E-state index in [-0.39, 0.29) is 10.8 Å². The van der Waals surface area contributed by atoms with E-state index in [1.807, 2.05) is 11.8 Å². The Bertz CT molecular complexity index is 745. The van der Waals surface area contributed by atoms with E-state index in [1.54, 1.807) is 0 Å². The van der Waals surface area contributed by atoms with Gasteiger partial charge in [0.1, 0.15) is 0 Å². The van der Waals surface area contributed by atoms with Crippen LogP contribution in [0.4, 0.5) is 0 Å². The van der Waals surface area contributed by atoms with Gasteiger partial charge in [0.25, 0.3) is 0 Å². The Morgan fingerprint density at radius 3 is 1.43 bits per heavy atom. The van der Waals surface area contributed by atoms with Crippen molar-refractivity contribution in [2.24, 2.45) is 11.8 Å². The van der Waals surface area contributed by atoms with E-state index in [2.05, 4.69) is 109 Å². The van der Waals surface area contributed by atoms with Gasteiger partial charge in [-0.3, -0.25) is 0 Å². The molecule has 0 bridgehead atoms. The molecule has 0 aromatic heterocycles. The average molecular weight is 424 g/mol. The van der Waals surface area contributed by atoms with E-state index in [0.29, 0.717) is 23.8 Å². The smallest absolute Gasteiger partial charge is 0.0421 e. The molecule has 3 rings (SSSR count). The second-order valence-electron chi connectivity index (χ2n) is 10.8. The minimum Gasteiger partial charge on any atom is -0.303 e. The fourth-order valence-electron chi connectivity index (χ4n) is 4.19. The lowest BCUT2D eigenvalue weighted by Gasteiger charge is -2.32. The Hall–Kier alpha value is -1.25. The number of nitrogens with one attached hydrogen (secondary N) is 1. The number of hydrogen-bond acceptors (Lipinski definition) is 2. The highest BCUT2D eigenvalue weighted by Gasteiger charge is 2.30. The molecule has 1 fully saturated rings. The maximum atomic E-state index is 3.74. The van der Waals surface area contributed by atoms with Gasteiger partial charge in [0.15, 0.2) is 0 Å². The highest BCUT2D eigenvalue weighted by molar-refractivity contribution is 7.99. The highest BCUT2D eigenvalue weighted by Crippen LogP contribution is 2.37. The van der Waals surface area contributed by atoms with E-state index in [0.717, 1.165) is 5.88 Å². The molecule has 1 atom stereocenters. The predicted octanol–water partition coefficient (Wildman–Crippen LogP) is 7.35. The van der Waals surface area contributed by atoms with Crippen molar-refractivity contribution in [1.29, 1.82) is 0 Å². The SMILES string of the molecule is CC(C)C(C)(C)c1ccc(C(c2ccc(C(C)(C)C(C)C)cc2)C2CSCN2)cc1. The van der Waals surface area contributed by atoms with Crippen LogP contribution in [0, 0.1) is 11.8 Å². The number of benzene rings is 2. The summed E-state index contributed by atoms with van der Waals surface area (Å²) in [6.07, 6.45) is 0. The molecule has 2 heteroatoms. The second-order valence-corrected chi connectivity index (χ2v) is 11.8. The Kier molecular flexibility index (Phi) is 7.09. The molecule has 2 aromatic carbocycles. The van der Waals surface area contributed by atoms with Crippen molar-refractivity contribution in [2.45, 2.75) is 78.2 Å². The fraction of sp³-hybridized carbons (Fsp3) is 0.571. The Labute approximate surface area is 189 Å². The molecule has 1 heterocycles. The fourth-order valence-corrected chi connectivity index (χ4v) is 5.20. The van der Waals surface area contributed by atoms with Crippen molar-refractivity contribution in [3.63, 3.8) is 0 Å². The first-order chi connectivity index (χ1) is 14.0. The molecule has 1 nitrogen and oxygen atoms in total. The first kappa shape index (κ1) is 23.4. The molecular formula is C28H41NS. The lowest BCUT2D eigenvalue weighted by atomic mass is 9.73. The summed E-state index contributed by atoms with van der Waals surface area (Å²) in [6, 6.07) is 19.4. The Morgan fingerprint density at radius 1 is 0.733 bits per heavy atom. The zero-order valence-electron chi connectivity index (χ0n) is 20.3. The zero-order valence-corrected chi connectivity index (χ0v) is 21.1. The largest absolute Gasteiger partial charge is 0.303 e. The van der Waals surface area contributed by atoms with E-state index in [4.69, 9.17) is 0 Å². The number of thioether (sulfide) groups is 1. The molecule has 1 N–H and O–H groups in total. The molecule has 1 saturated heterocycles. The van der Waals surface area contributed by atoms with Crippen LogP contribution >= 0.6 is 11.8 Å². The molecular weight excluding hydrogens is 382 g/mol. The minimum absolute atomic E-state index is 0.194. The Morgan fingerprint density at radius 2 is 1.13 bits per heavy atom. The third-order valence-electron chi connectivity index (χ3n) is 8.06. The molecule has 0 spiro atoms. The molecule has 1 aliphatic rings. The van der Waals surface area contributed by atoms with Gasteiger partial charge in [-0.15, -0.1) is 11.8 Å². The maximum absolute atomic E-state index is 3.74. The number of hydrogen-bond donors (Lipinski definition) is 1. The van der Waals surface area contributed by atoms with Gasteiger partial charge in [-0.25, -0.2) is 0 Å². The highest BCUT2D eigenvalue weighted by atomic mass is 32.2. The molecule has 0 radical (unpaired) electrons. The molecule has 2 aromatic rings. The van der Waals surface area contributed by atoms with Crippen LogP contribution < -0.4 is 5.32 Å². The van der Waals surface area contributed by atoms with Crippen LogP contribution in [-0.2, 0) is 10.8 Å². The van der Waals surface area contributed by atoms with Crippen LogP contribution in [-0.4, -0.2) is 17.7 Å². The van der Waals surface area contributed by atoms with Crippen molar-refractivity contribution in [3.05, 3.63) is 70.8 Å². The zero-order chi connectivity index (χ0) is 22.1. The van der Waals surface area contributed by atoms with Gasteiger partial charge in [0.2, 0.25) is 0 Å². The van der Waals surface area contributed by atoms with Gasteiger partial charge in [-0.05, 0) is 44.9 Å². The summed E-state index contributed by atoms with van der Waals surface area (Å²) in [6.45, 7) is 18.7. The lowest BCUT2D eigenvalue weighted by molar-refractivity contribution is 0.372. The van der Waals surface area contributed by atoms with E-state index in [1.165, 1.54) is 28.0 Å². The minimum atomic E-state index is 0.194. The molecule has 0 amide bonds. The molecule has 1 unspecified atom stereocenters. The maximum Gasteiger partial charge on any atom is 0.0421 e. The molecule has 0 aliphatic carbocycles. The first-order valence-corrected chi connectivity index (χ1v) is 12.7. The molecule has 164 valence electrons. The van der Waals surface area contributed by atoms with Gasteiger partial charge in [-0.1, -0.05) is 104 Å². The summed E-state index contributed by atoms with van der Waals surface area (Å²) in [4.78, 5) is 0. The van der Waals surface area contributed by atoms with Crippen LogP contribution in [0.5, 0.6) is 0 Å². The summed E-state index contributed by atoms with van der Waals surface area (Å²) in [5.41, 5.74) is 6.10. The van der Waals surface area contributed by atoms with Crippen LogP contribution in [0.2, 0.25) is 0 Å². The number of rotatable bonds is 7. The van der Waals surface area contributed by atoms with Crippen molar-refractivity contribution < 1.29 is 0 Å². The van der Waals surface area contributed by atoms with Crippen molar-refractivity contribution in [3.8, 4) is 0 Å². The third kappa shape index (κ3) is 4.65. The van der Waals surface area contributed by atoms with Gasteiger partial charge in [0, 0.05) is 23.6 Å². The Balaban J connectivity index is 1.95. The topological polar surface area (TPSA) is 12.0 Å². The summed E-state index contributed by atoms with van der Waals surface area (Å²) >= 11 is 2.01. The van der Waals surface area contributed by atoms with Crippen molar-refractivity contribution in [2.75, 3.05) is 11.6 Å². The van der Waals surface area contributed by atoms with Gasteiger partial charge >= 0.3 is 0 Å². The van der Waals surface area contributed by atoms with E-state index in [9.17, 15) is 0 Å². The second kappa shape index (κ2) is 9.09. The molecule has 1 aliphatic heterocycles. The van der Waals surface area contributed by atoms with Crippen LogP contribution in [0.25, 0.3) is 0 Å². The van der Waals surface area contributed by atoms with Gasteiger partial charge in [-0.2, -0.15) is 0 Å². The van der Waals surface area contributed by atoms with E-state index < -0.39 is 0 Å². The normalized spacial score (nSPS) is 18.0. The van der Waals surface area contributed by atoms with Gasteiger partial charge in [0.05, 0.1) is 0 Å². The first-order valence-electron chi connectivity index (χ1n) is 11.6. The summed E-state index contributed by atoms with van der Waals surface area (Å²) < 4.78 is 0. The molecule has 30 heavy (non-hydrogen) atoms. The lowest BCUT2D eigenvalue weighted by Crippen LogP contribution is -2.32. The molecule has 0 saturated carbocycles. The van der Waals surface area contributed by atoms with Crippen molar-refractivity contribution >= 4 is 11.8 Å². The summed E-state index contributed by atoms with van der Waals surface area (Å²) in [7, 11) is 0. The van der Waals surface area contributed by atoms with Crippen molar-refractivity contribution in [1.82, 2.24) is 5.32 Å². The van der Waals surface area contributed by atoms with Crippen LogP contribution in [0.1, 0.15) is 83.6 Å². The third-order valence-corrected chi connectivity index (χ3v) is 9.03. The predicted molar refractivity (Wildman–Crippen MR) is 135 cm³/mol. The standard InChI is InChI=1S/C28H41NS/c1-19(2)27(5,6)23-13-9-21(10-14-23)26(25-17-30-18-29-25)22-11-15-24(16-12-22)28(7,8)20(3)4/h9-16,19-20,25-26,29H,17-18H2,1-8H3. The van der Waals surface area contributed by atoms with Crippen LogP contribution in [0.3, 0.4) is 0 Å². The monoisotopic (exact) mass is 423 g/mol. The van der Waals surface area contributed by atoms with E-state index >= 15 is 0 Å². The van der Waals surface area contributed by atoms with Crippen LogP contribution in [0.15, 0.2) is 48.5 Å². The average Bonchev–Trinajstić information content (AvgIpc) is 3.23. The summed E-state index contributed by atoms with van der Waals surface area (Å²) in [5.74, 6) is 3.85. The quantitative estimate of drug-likeness (QED) is 0.499. The van der Waals surface area contributed by atoms with Gasteiger partial charge < -0.3 is 5.32 Å².